The minimum atomic E-state index is -0.292. The highest BCUT2D eigenvalue weighted by molar-refractivity contribution is 4.79. The van der Waals surface area contributed by atoms with Gasteiger partial charge in [-0.3, -0.25) is 4.90 Å². The number of hydrogen-bond acceptors (Lipinski definition) is 3. The second-order valence-corrected chi connectivity index (χ2v) is 5.20. The molecule has 0 saturated carbocycles. The largest absolute Gasteiger partial charge is 0.390 e. The van der Waals surface area contributed by atoms with Crippen molar-refractivity contribution in [2.45, 2.75) is 58.7 Å². The zero-order chi connectivity index (χ0) is 12.7. The SMILES string of the molecule is CCCN1CCOC(C(O)CC(CC)CC)C1. The van der Waals surface area contributed by atoms with Gasteiger partial charge in [0.05, 0.1) is 18.8 Å². The minimum absolute atomic E-state index is 0.0240. The molecule has 1 heterocycles. The molecule has 3 heteroatoms. The molecule has 3 nitrogen and oxygen atoms in total. The van der Waals surface area contributed by atoms with E-state index in [9.17, 15) is 5.11 Å². The summed E-state index contributed by atoms with van der Waals surface area (Å²) in [6.07, 6.45) is 4.10. The lowest BCUT2D eigenvalue weighted by atomic mass is 9.93. The fourth-order valence-corrected chi connectivity index (χ4v) is 2.60. The molecule has 102 valence electrons. The van der Waals surface area contributed by atoms with Crippen molar-refractivity contribution in [1.82, 2.24) is 4.90 Å². The third-order valence-corrected chi connectivity index (χ3v) is 3.88. The van der Waals surface area contributed by atoms with Gasteiger partial charge in [-0.25, -0.2) is 0 Å². The van der Waals surface area contributed by atoms with E-state index in [-0.39, 0.29) is 12.2 Å². The zero-order valence-corrected chi connectivity index (χ0v) is 11.7. The number of morpholine rings is 1. The van der Waals surface area contributed by atoms with Crippen LogP contribution in [0.2, 0.25) is 0 Å². The lowest BCUT2D eigenvalue weighted by Gasteiger charge is -2.35. The molecular weight excluding hydrogens is 214 g/mol. The van der Waals surface area contributed by atoms with E-state index in [0.29, 0.717) is 5.92 Å². The fraction of sp³-hybridized carbons (Fsp3) is 1.00. The third kappa shape index (κ3) is 4.94. The summed E-state index contributed by atoms with van der Waals surface area (Å²) in [5, 5.41) is 10.2. The van der Waals surface area contributed by atoms with Crippen LogP contribution < -0.4 is 0 Å². The van der Waals surface area contributed by atoms with Crippen LogP contribution in [0.1, 0.15) is 46.5 Å². The van der Waals surface area contributed by atoms with Crippen LogP contribution >= 0.6 is 0 Å². The molecule has 0 bridgehead atoms. The van der Waals surface area contributed by atoms with Crippen molar-refractivity contribution < 1.29 is 9.84 Å². The third-order valence-electron chi connectivity index (χ3n) is 3.88. The van der Waals surface area contributed by atoms with Crippen molar-refractivity contribution >= 4 is 0 Å². The number of hydrogen-bond donors (Lipinski definition) is 1. The summed E-state index contributed by atoms with van der Waals surface area (Å²) in [7, 11) is 0. The van der Waals surface area contributed by atoms with Gasteiger partial charge in [-0.2, -0.15) is 0 Å². The molecule has 0 amide bonds. The standard InChI is InChI=1S/C14H29NO2/c1-4-7-15-8-9-17-14(11-15)13(16)10-12(5-2)6-3/h12-14,16H,4-11H2,1-3H3. The Kier molecular flexibility index (Phi) is 7.09. The van der Waals surface area contributed by atoms with Crippen molar-refractivity contribution in [3.63, 3.8) is 0 Å². The summed E-state index contributed by atoms with van der Waals surface area (Å²) >= 11 is 0. The van der Waals surface area contributed by atoms with Crippen molar-refractivity contribution in [3.05, 3.63) is 0 Å². The average molecular weight is 243 g/mol. The van der Waals surface area contributed by atoms with Gasteiger partial charge in [-0.15, -0.1) is 0 Å². The first-order chi connectivity index (χ1) is 8.21. The number of rotatable bonds is 7. The number of ether oxygens (including phenoxy) is 1. The molecule has 1 aliphatic heterocycles. The molecule has 2 atom stereocenters. The average Bonchev–Trinajstić information content (AvgIpc) is 2.36. The molecule has 1 fully saturated rings. The normalized spacial score (nSPS) is 24.2. The predicted octanol–water partition coefficient (Wildman–Crippen LogP) is 2.28. The topological polar surface area (TPSA) is 32.7 Å². The van der Waals surface area contributed by atoms with Crippen molar-refractivity contribution in [2.75, 3.05) is 26.2 Å². The first kappa shape index (κ1) is 14.9. The van der Waals surface area contributed by atoms with E-state index in [1.54, 1.807) is 0 Å². The van der Waals surface area contributed by atoms with Crippen LogP contribution in [0.4, 0.5) is 0 Å². The minimum Gasteiger partial charge on any atom is -0.390 e. The molecule has 0 radical (unpaired) electrons. The Bertz CT molecular complexity index is 193. The fourth-order valence-electron chi connectivity index (χ4n) is 2.60. The molecule has 0 aromatic heterocycles. The number of nitrogens with zero attached hydrogens (tertiary/aromatic N) is 1. The Morgan fingerprint density at radius 1 is 1.29 bits per heavy atom. The molecular formula is C14H29NO2. The summed E-state index contributed by atoms with van der Waals surface area (Å²) in [5.74, 6) is 0.634. The second kappa shape index (κ2) is 8.06. The van der Waals surface area contributed by atoms with Gasteiger partial charge in [-0.1, -0.05) is 33.6 Å². The molecule has 1 aliphatic rings. The Labute approximate surface area is 106 Å². The van der Waals surface area contributed by atoms with Crippen molar-refractivity contribution in [1.29, 1.82) is 0 Å². The molecule has 17 heavy (non-hydrogen) atoms. The van der Waals surface area contributed by atoms with Gasteiger partial charge in [0.1, 0.15) is 0 Å². The van der Waals surface area contributed by atoms with Crippen LogP contribution in [-0.2, 0) is 4.74 Å². The van der Waals surface area contributed by atoms with E-state index in [4.69, 9.17) is 4.74 Å². The van der Waals surface area contributed by atoms with Crippen molar-refractivity contribution in [2.24, 2.45) is 5.92 Å². The quantitative estimate of drug-likeness (QED) is 0.744. The second-order valence-electron chi connectivity index (χ2n) is 5.20. The highest BCUT2D eigenvalue weighted by Crippen LogP contribution is 2.20. The van der Waals surface area contributed by atoms with Crippen molar-refractivity contribution in [3.8, 4) is 0 Å². The molecule has 0 aromatic rings. The summed E-state index contributed by atoms with van der Waals surface area (Å²) in [6.45, 7) is 10.4. The molecule has 0 spiro atoms. The van der Waals surface area contributed by atoms with Crippen LogP contribution in [0, 0.1) is 5.92 Å². The van der Waals surface area contributed by atoms with Gasteiger partial charge in [-0.05, 0) is 25.3 Å². The summed E-state index contributed by atoms with van der Waals surface area (Å²) in [4.78, 5) is 2.41. The smallest absolute Gasteiger partial charge is 0.0961 e. The molecule has 2 unspecified atom stereocenters. The lowest BCUT2D eigenvalue weighted by molar-refractivity contribution is -0.0941. The molecule has 1 N–H and O–H groups in total. The molecule has 1 saturated heterocycles. The Balaban J connectivity index is 2.37. The first-order valence-electron chi connectivity index (χ1n) is 7.23. The van der Waals surface area contributed by atoms with Gasteiger partial charge in [0.15, 0.2) is 0 Å². The van der Waals surface area contributed by atoms with E-state index in [0.717, 1.165) is 45.5 Å². The Morgan fingerprint density at radius 3 is 2.59 bits per heavy atom. The molecule has 0 aromatic carbocycles. The molecule has 0 aliphatic carbocycles. The Morgan fingerprint density at radius 2 is 2.00 bits per heavy atom. The van der Waals surface area contributed by atoms with E-state index in [2.05, 4.69) is 25.7 Å². The monoisotopic (exact) mass is 243 g/mol. The predicted molar refractivity (Wildman–Crippen MR) is 71.2 cm³/mol. The molecule has 1 rings (SSSR count). The van der Waals surface area contributed by atoms with Gasteiger partial charge in [0.25, 0.3) is 0 Å². The van der Waals surface area contributed by atoms with Crippen LogP contribution in [0.15, 0.2) is 0 Å². The summed E-state index contributed by atoms with van der Waals surface area (Å²) < 4.78 is 5.71. The maximum atomic E-state index is 10.2. The van der Waals surface area contributed by atoms with Crippen LogP contribution in [0.3, 0.4) is 0 Å². The van der Waals surface area contributed by atoms with Crippen LogP contribution in [-0.4, -0.2) is 48.5 Å². The summed E-state index contributed by atoms with van der Waals surface area (Å²) in [6, 6.07) is 0. The van der Waals surface area contributed by atoms with Gasteiger partial charge < -0.3 is 9.84 Å². The summed E-state index contributed by atoms with van der Waals surface area (Å²) in [5.41, 5.74) is 0. The van der Waals surface area contributed by atoms with Gasteiger partial charge in [0.2, 0.25) is 0 Å². The maximum absolute atomic E-state index is 10.2. The van der Waals surface area contributed by atoms with Gasteiger partial charge in [0, 0.05) is 13.1 Å². The Hall–Kier alpha value is -0.120. The van der Waals surface area contributed by atoms with E-state index in [1.165, 1.54) is 6.42 Å². The highest BCUT2D eigenvalue weighted by Gasteiger charge is 2.27. The van der Waals surface area contributed by atoms with E-state index < -0.39 is 0 Å². The van der Waals surface area contributed by atoms with E-state index >= 15 is 0 Å². The van der Waals surface area contributed by atoms with Crippen LogP contribution in [0.5, 0.6) is 0 Å². The maximum Gasteiger partial charge on any atom is 0.0961 e. The lowest BCUT2D eigenvalue weighted by Crippen LogP contribution is -2.48. The number of aliphatic hydroxyl groups excluding tert-OH is 1. The highest BCUT2D eigenvalue weighted by atomic mass is 16.5. The first-order valence-corrected chi connectivity index (χ1v) is 7.23. The number of aliphatic hydroxyl groups is 1. The zero-order valence-electron chi connectivity index (χ0n) is 11.7. The van der Waals surface area contributed by atoms with E-state index in [1.807, 2.05) is 0 Å². The van der Waals surface area contributed by atoms with Crippen LogP contribution in [0.25, 0.3) is 0 Å². The van der Waals surface area contributed by atoms with Gasteiger partial charge >= 0.3 is 0 Å².